The number of aliphatic imine (C=N–C) groups is 1. The molecule has 2 N–H and O–H groups in total. The zero-order valence-corrected chi connectivity index (χ0v) is 18.7. The van der Waals surface area contributed by atoms with Crippen molar-refractivity contribution in [3.63, 3.8) is 0 Å². The Balaban J connectivity index is 1.89. The maximum absolute atomic E-state index is 11.6. The number of carbonyl (C=O) groups excluding carboxylic acids is 1. The summed E-state index contributed by atoms with van der Waals surface area (Å²) in [6, 6.07) is 22.7. The molecule has 33 heavy (non-hydrogen) atoms. The van der Waals surface area contributed by atoms with E-state index in [1.165, 1.54) is 7.11 Å². The van der Waals surface area contributed by atoms with Crippen molar-refractivity contribution in [2.45, 2.75) is 6.54 Å². The van der Waals surface area contributed by atoms with Gasteiger partial charge in [0.1, 0.15) is 5.75 Å². The monoisotopic (exact) mass is 443 g/mol. The smallest absolute Gasteiger partial charge is 0.494 e. The summed E-state index contributed by atoms with van der Waals surface area (Å²) in [4.78, 5) is 21.6. The number of H-pyrrole nitrogens is 1. The Morgan fingerprint density at radius 1 is 1.03 bits per heavy atom. The number of aromatic hydroxyl groups is 1. The molecular weight excluding hydrogens is 418 g/mol. The van der Waals surface area contributed by atoms with Crippen LogP contribution in [0.5, 0.6) is 11.6 Å². The molecule has 168 valence electrons. The Labute approximate surface area is 191 Å². The van der Waals surface area contributed by atoms with Crippen molar-refractivity contribution in [1.82, 2.24) is 9.88 Å². The Morgan fingerprint density at radius 2 is 1.82 bits per heavy atom. The number of nitrogens with one attached hydrogen (secondary N) is 1. The van der Waals surface area contributed by atoms with E-state index < -0.39 is 6.16 Å². The minimum Gasteiger partial charge on any atom is -0.494 e. The molecule has 4 aromatic rings. The van der Waals surface area contributed by atoms with Gasteiger partial charge in [-0.25, -0.2) is 9.79 Å². The number of benzene rings is 3. The van der Waals surface area contributed by atoms with Crippen LogP contribution in [0.1, 0.15) is 16.7 Å². The van der Waals surface area contributed by atoms with Crippen molar-refractivity contribution < 1.29 is 19.4 Å². The van der Waals surface area contributed by atoms with Gasteiger partial charge in [0.25, 0.3) is 0 Å². The second-order valence-electron chi connectivity index (χ2n) is 7.85. The second kappa shape index (κ2) is 9.58. The van der Waals surface area contributed by atoms with Crippen LogP contribution in [0, 0.1) is 0 Å². The van der Waals surface area contributed by atoms with E-state index in [2.05, 4.69) is 20.7 Å². The van der Waals surface area contributed by atoms with Gasteiger partial charge in [0.05, 0.1) is 24.1 Å². The number of hydrogen-bond donors (Lipinski definition) is 2. The SMILES string of the molecule is COC(=O)Oc1ccc2[nH]c(O)c(C(=Nc3cccc(CN(C)C)c3)c3ccccc3)c2c1. The van der Waals surface area contributed by atoms with Gasteiger partial charge in [-0.3, -0.25) is 0 Å². The molecule has 3 aromatic carbocycles. The van der Waals surface area contributed by atoms with Gasteiger partial charge in [0, 0.05) is 23.0 Å². The van der Waals surface area contributed by atoms with E-state index in [0.717, 1.165) is 23.4 Å². The summed E-state index contributed by atoms with van der Waals surface area (Å²) in [5, 5.41) is 11.5. The van der Waals surface area contributed by atoms with Crippen LogP contribution < -0.4 is 4.74 Å². The molecule has 0 fully saturated rings. The molecule has 1 aromatic heterocycles. The maximum atomic E-state index is 11.6. The first-order valence-corrected chi connectivity index (χ1v) is 10.4. The van der Waals surface area contributed by atoms with Crippen LogP contribution in [0.2, 0.25) is 0 Å². The molecule has 0 bridgehead atoms. The topological polar surface area (TPSA) is 87.1 Å². The number of carbonyl (C=O) groups is 1. The average molecular weight is 444 g/mol. The van der Waals surface area contributed by atoms with Crippen LogP contribution in [0.15, 0.2) is 77.8 Å². The van der Waals surface area contributed by atoms with Crippen LogP contribution >= 0.6 is 0 Å². The van der Waals surface area contributed by atoms with Gasteiger partial charge in [-0.15, -0.1) is 0 Å². The van der Waals surface area contributed by atoms with Crippen molar-refractivity contribution in [2.24, 2.45) is 4.99 Å². The van der Waals surface area contributed by atoms with E-state index in [-0.39, 0.29) is 5.88 Å². The van der Waals surface area contributed by atoms with E-state index in [1.807, 2.05) is 62.6 Å². The summed E-state index contributed by atoms with van der Waals surface area (Å²) < 4.78 is 9.78. The fourth-order valence-corrected chi connectivity index (χ4v) is 3.68. The van der Waals surface area contributed by atoms with Gasteiger partial charge >= 0.3 is 6.16 Å². The lowest BCUT2D eigenvalue weighted by Gasteiger charge is -2.11. The van der Waals surface area contributed by atoms with Crippen molar-refractivity contribution in [3.8, 4) is 11.6 Å². The molecule has 0 aliphatic heterocycles. The highest BCUT2D eigenvalue weighted by Gasteiger charge is 2.20. The van der Waals surface area contributed by atoms with E-state index >= 15 is 0 Å². The lowest BCUT2D eigenvalue weighted by atomic mass is 10.0. The number of rotatable bonds is 6. The van der Waals surface area contributed by atoms with Crippen LogP contribution in [-0.4, -0.2) is 48.1 Å². The normalized spacial score (nSPS) is 11.7. The largest absolute Gasteiger partial charge is 0.513 e. The number of ether oxygens (including phenoxy) is 2. The molecule has 0 unspecified atom stereocenters. The van der Waals surface area contributed by atoms with E-state index in [9.17, 15) is 9.90 Å². The summed E-state index contributed by atoms with van der Waals surface area (Å²) in [6.45, 7) is 0.788. The highest BCUT2D eigenvalue weighted by Crippen LogP contribution is 2.34. The molecule has 0 aliphatic rings. The standard InChI is InChI=1S/C26H25N3O4/c1-29(2)16-17-8-7-11-19(14-17)27-24(18-9-5-4-6-10-18)23-21-15-20(33-26(31)32-3)12-13-22(21)28-25(23)30/h4-15,28,30H,16H2,1-3H3. The summed E-state index contributed by atoms with van der Waals surface area (Å²) in [5.41, 5.74) is 4.53. The van der Waals surface area contributed by atoms with Crippen LogP contribution in [0.4, 0.5) is 10.5 Å². The fraction of sp³-hybridized carbons (Fsp3) is 0.154. The predicted octanol–water partition coefficient (Wildman–Crippen LogP) is 5.25. The van der Waals surface area contributed by atoms with Crippen molar-refractivity contribution >= 4 is 28.5 Å². The van der Waals surface area contributed by atoms with E-state index in [0.29, 0.717) is 27.9 Å². The lowest BCUT2D eigenvalue weighted by Crippen LogP contribution is -2.10. The fourth-order valence-electron chi connectivity index (χ4n) is 3.68. The lowest BCUT2D eigenvalue weighted by molar-refractivity contribution is 0.121. The molecule has 1 heterocycles. The van der Waals surface area contributed by atoms with Crippen molar-refractivity contribution in [1.29, 1.82) is 0 Å². The Morgan fingerprint density at radius 3 is 2.55 bits per heavy atom. The van der Waals surface area contributed by atoms with Gasteiger partial charge in [0.2, 0.25) is 0 Å². The van der Waals surface area contributed by atoms with E-state index in [1.54, 1.807) is 18.2 Å². The first-order chi connectivity index (χ1) is 15.9. The number of fused-ring (bicyclic) bond motifs is 1. The molecule has 0 amide bonds. The first-order valence-electron chi connectivity index (χ1n) is 10.4. The molecule has 0 saturated carbocycles. The summed E-state index contributed by atoms with van der Waals surface area (Å²) in [6.07, 6.45) is -0.815. The average Bonchev–Trinajstić information content (AvgIpc) is 3.12. The Hall–Kier alpha value is -4.10. The summed E-state index contributed by atoms with van der Waals surface area (Å²) in [5.74, 6) is 0.280. The molecule has 0 atom stereocenters. The van der Waals surface area contributed by atoms with Gasteiger partial charge in [0.15, 0.2) is 5.88 Å². The number of methoxy groups -OCH3 is 1. The van der Waals surface area contributed by atoms with Gasteiger partial charge in [-0.1, -0.05) is 42.5 Å². The molecule has 0 spiro atoms. The second-order valence-corrected chi connectivity index (χ2v) is 7.85. The Kier molecular flexibility index (Phi) is 6.42. The minimum atomic E-state index is -0.815. The molecule has 0 aliphatic carbocycles. The van der Waals surface area contributed by atoms with Gasteiger partial charge < -0.3 is 24.5 Å². The first kappa shape index (κ1) is 22.1. The van der Waals surface area contributed by atoms with Crippen LogP contribution in [-0.2, 0) is 11.3 Å². The molecule has 0 saturated heterocycles. The summed E-state index contributed by atoms with van der Waals surface area (Å²) >= 11 is 0. The number of hydrogen-bond acceptors (Lipinski definition) is 6. The molecular formula is C26H25N3O4. The number of aromatic amines is 1. The third-order valence-electron chi connectivity index (χ3n) is 5.05. The zero-order chi connectivity index (χ0) is 23.4. The Bertz CT molecular complexity index is 1310. The highest BCUT2D eigenvalue weighted by molar-refractivity contribution is 6.22. The van der Waals surface area contributed by atoms with E-state index in [4.69, 9.17) is 9.73 Å². The minimum absolute atomic E-state index is 0.0210. The summed E-state index contributed by atoms with van der Waals surface area (Å²) in [7, 11) is 5.28. The predicted molar refractivity (Wildman–Crippen MR) is 129 cm³/mol. The number of nitrogens with zero attached hydrogens (tertiary/aromatic N) is 2. The third kappa shape index (κ3) is 5.05. The molecule has 7 heteroatoms. The quantitative estimate of drug-likeness (QED) is 0.241. The van der Waals surface area contributed by atoms with Crippen molar-refractivity contribution in [3.05, 3.63) is 89.5 Å². The van der Waals surface area contributed by atoms with Crippen LogP contribution in [0.3, 0.4) is 0 Å². The molecule has 7 nitrogen and oxygen atoms in total. The van der Waals surface area contributed by atoms with Crippen LogP contribution in [0.25, 0.3) is 10.9 Å². The van der Waals surface area contributed by atoms with Gasteiger partial charge in [-0.2, -0.15) is 0 Å². The number of aromatic nitrogens is 1. The third-order valence-corrected chi connectivity index (χ3v) is 5.05. The maximum Gasteiger partial charge on any atom is 0.513 e. The molecule has 4 rings (SSSR count). The zero-order valence-electron chi connectivity index (χ0n) is 18.7. The van der Waals surface area contributed by atoms with Crippen molar-refractivity contribution in [2.75, 3.05) is 21.2 Å². The highest BCUT2D eigenvalue weighted by atomic mass is 16.7. The molecule has 0 radical (unpaired) electrons. The van der Waals surface area contributed by atoms with Gasteiger partial charge in [-0.05, 0) is 50.0 Å².